The van der Waals surface area contributed by atoms with Gasteiger partial charge < -0.3 is 9.47 Å². The second kappa shape index (κ2) is 4.88. The lowest BCUT2D eigenvalue weighted by Crippen LogP contribution is -2.30. The molecule has 2 atom stereocenters. The second-order valence-electron chi connectivity index (χ2n) is 4.63. The molecule has 0 amide bonds. The standard InChI is InChI=1S/C14H20O2/c1-4-15-14-9-12(10(2)3)11-7-5-6-8-13(11)16-14/h5-8,10,12,14H,4,9H2,1-3H3. The Labute approximate surface area is 97.6 Å². The topological polar surface area (TPSA) is 18.5 Å². The summed E-state index contributed by atoms with van der Waals surface area (Å²) in [5, 5.41) is 0. The molecule has 1 aromatic carbocycles. The number of ether oxygens (including phenoxy) is 2. The Kier molecular flexibility index (Phi) is 3.49. The maximum atomic E-state index is 5.83. The van der Waals surface area contributed by atoms with Crippen molar-refractivity contribution in [2.45, 2.75) is 39.4 Å². The van der Waals surface area contributed by atoms with E-state index >= 15 is 0 Å². The number of rotatable bonds is 3. The number of fused-ring (bicyclic) bond motifs is 1. The number of hydrogen-bond donors (Lipinski definition) is 0. The molecule has 0 radical (unpaired) electrons. The average Bonchev–Trinajstić information content (AvgIpc) is 2.28. The predicted molar refractivity (Wildman–Crippen MR) is 64.7 cm³/mol. The highest BCUT2D eigenvalue weighted by atomic mass is 16.7. The molecule has 2 rings (SSSR count). The van der Waals surface area contributed by atoms with E-state index in [9.17, 15) is 0 Å². The van der Waals surface area contributed by atoms with Crippen LogP contribution >= 0.6 is 0 Å². The molecule has 2 nitrogen and oxygen atoms in total. The fourth-order valence-electron chi connectivity index (χ4n) is 2.34. The smallest absolute Gasteiger partial charge is 0.200 e. The van der Waals surface area contributed by atoms with Crippen molar-refractivity contribution in [1.82, 2.24) is 0 Å². The fraction of sp³-hybridized carbons (Fsp3) is 0.571. The molecular weight excluding hydrogens is 200 g/mol. The lowest BCUT2D eigenvalue weighted by molar-refractivity contribution is -0.0943. The highest BCUT2D eigenvalue weighted by molar-refractivity contribution is 5.38. The van der Waals surface area contributed by atoms with Gasteiger partial charge in [-0.3, -0.25) is 0 Å². The molecule has 0 aliphatic carbocycles. The van der Waals surface area contributed by atoms with Crippen molar-refractivity contribution in [2.75, 3.05) is 6.61 Å². The first-order chi connectivity index (χ1) is 7.72. The fourth-order valence-corrected chi connectivity index (χ4v) is 2.34. The molecule has 0 bridgehead atoms. The summed E-state index contributed by atoms with van der Waals surface area (Å²) >= 11 is 0. The van der Waals surface area contributed by atoms with Crippen LogP contribution in [0.1, 0.15) is 38.7 Å². The lowest BCUT2D eigenvalue weighted by Gasteiger charge is -2.33. The first-order valence-electron chi connectivity index (χ1n) is 6.09. The van der Waals surface area contributed by atoms with Crippen molar-refractivity contribution < 1.29 is 9.47 Å². The van der Waals surface area contributed by atoms with Gasteiger partial charge in [-0.15, -0.1) is 0 Å². The molecule has 0 saturated carbocycles. The van der Waals surface area contributed by atoms with Gasteiger partial charge in [-0.05, 0) is 30.4 Å². The van der Waals surface area contributed by atoms with Crippen LogP contribution in [-0.2, 0) is 4.74 Å². The van der Waals surface area contributed by atoms with Gasteiger partial charge in [-0.2, -0.15) is 0 Å². The van der Waals surface area contributed by atoms with Crippen LogP contribution < -0.4 is 4.74 Å². The van der Waals surface area contributed by atoms with E-state index in [-0.39, 0.29) is 6.29 Å². The maximum absolute atomic E-state index is 5.83. The predicted octanol–water partition coefficient (Wildman–Crippen LogP) is 3.57. The summed E-state index contributed by atoms with van der Waals surface area (Å²) in [7, 11) is 0. The van der Waals surface area contributed by atoms with Crippen LogP contribution in [-0.4, -0.2) is 12.9 Å². The Bertz CT molecular complexity index is 346. The molecule has 2 unspecified atom stereocenters. The third-order valence-electron chi connectivity index (χ3n) is 3.18. The van der Waals surface area contributed by atoms with Crippen molar-refractivity contribution in [1.29, 1.82) is 0 Å². The Morgan fingerprint density at radius 2 is 2.12 bits per heavy atom. The van der Waals surface area contributed by atoms with Gasteiger partial charge >= 0.3 is 0 Å². The normalized spacial score (nSPS) is 24.0. The molecule has 1 heterocycles. The molecule has 1 aromatic rings. The summed E-state index contributed by atoms with van der Waals surface area (Å²) in [6.07, 6.45) is 0.884. The van der Waals surface area contributed by atoms with Gasteiger partial charge in [-0.1, -0.05) is 32.0 Å². The number of benzene rings is 1. The van der Waals surface area contributed by atoms with E-state index in [1.54, 1.807) is 0 Å². The van der Waals surface area contributed by atoms with E-state index in [1.165, 1.54) is 5.56 Å². The number of hydrogen-bond acceptors (Lipinski definition) is 2. The van der Waals surface area contributed by atoms with Gasteiger partial charge in [0.05, 0.1) is 0 Å². The Hall–Kier alpha value is -1.02. The van der Waals surface area contributed by atoms with E-state index < -0.39 is 0 Å². The largest absolute Gasteiger partial charge is 0.465 e. The van der Waals surface area contributed by atoms with Crippen molar-refractivity contribution in [3.05, 3.63) is 29.8 Å². The summed E-state index contributed by atoms with van der Waals surface area (Å²) in [5.41, 5.74) is 1.33. The van der Waals surface area contributed by atoms with E-state index in [0.29, 0.717) is 18.4 Å². The molecule has 0 spiro atoms. The molecule has 0 N–H and O–H groups in total. The van der Waals surface area contributed by atoms with E-state index in [0.717, 1.165) is 12.2 Å². The minimum atomic E-state index is -0.0766. The summed E-state index contributed by atoms with van der Waals surface area (Å²) in [6, 6.07) is 8.31. The SMILES string of the molecule is CCOC1CC(C(C)C)c2ccccc2O1. The molecule has 1 aliphatic heterocycles. The maximum Gasteiger partial charge on any atom is 0.200 e. The number of para-hydroxylation sites is 1. The quantitative estimate of drug-likeness (QED) is 0.775. The monoisotopic (exact) mass is 220 g/mol. The summed E-state index contributed by atoms with van der Waals surface area (Å²) < 4.78 is 11.4. The van der Waals surface area contributed by atoms with Crippen LogP contribution in [0.15, 0.2) is 24.3 Å². The Balaban J connectivity index is 2.26. The van der Waals surface area contributed by atoms with Crippen molar-refractivity contribution >= 4 is 0 Å². The molecule has 2 heteroatoms. The molecular formula is C14H20O2. The van der Waals surface area contributed by atoms with Crippen molar-refractivity contribution in [3.63, 3.8) is 0 Å². The summed E-state index contributed by atoms with van der Waals surface area (Å²) in [5.74, 6) is 2.15. The highest BCUT2D eigenvalue weighted by Gasteiger charge is 2.30. The van der Waals surface area contributed by atoms with Gasteiger partial charge in [0, 0.05) is 13.0 Å². The van der Waals surface area contributed by atoms with Gasteiger partial charge in [0.25, 0.3) is 0 Å². The molecule has 0 fully saturated rings. The average molecular weight is 220 g/mol. The van der Waals surface area contributed by atoms with Crippen molar-refractivity contribution in [3.8, 4) is 5.75 Å². The Morgan fingerprint density at radius 3 is 2.81 bits per heavy atom. The van der Waals surface area contributed by atoms with Crippen LogP contribution in [0, 0.1) is 5.92 Å². The van der Waals surface area contributed by atoms with Gasteiger partial charge in [0.15, 0.2) is 6.29 Å². The first-order valence-corrected chi connectivity index (χ1v) is 6.09. The summed E-state index contributed by atoms with van der Waals surface area (Å²) in [6.45, 7) is 7.23. The second-order valence-corrected chi connectivity index (χ2v) is 4.63. The highest BCUT2D eigenvalue weighted by Crippen LogP contribution is 2.40. The minimum absolute atomic E-state index is 0.0766. The van der Waals surface area contributed by atoms with E-state index in [4.69, 9.17) is 9.47 Å². The first kappa shape index (κ1) is 11.5. The zero-order chi connectivity index (χ0) is 11.5. The Morgan fingerprint density at radius 1 is 1.38 bits per heavy atom. The van der Waals surface area contributed by atoms with Crippen LogP contribution in [0.4, 0.5) is 0 Å². The van der Waals surface area contributed by atoms with Crippen LogP contribution in [0.3, 0.4) is 0 Å². The van der Waals surface area contributed by atoms with Crippen LogP contribution in [0.5, 0.6) is 5.75 Å². The molecule has 88 valence electrons. The van der Waals surface area contributed by atoms with Gasteiger partial charge in [-0.25, -0.2) is 0 Å². The zero-order valence-electron chi connectivity index (χ0n) is 10.3. The third kappa shape index (κ3) is 2.22. The zero-order valence-corrected chi connectivity index (χ0v) is 10.3. The van der Waals surface area contributed by atoms with E-state index in [1.807, 2.05) is 19.1 Å². The molecule has 0 saturated heterocycles. The molecule has 1 aliphatic rings. The van der Waals surface area contributed by atoms with Gasteiger partial charge in [0.2, 0.25) is 0 Å². The summed E-state index contributed by atoms with van der Waals surface area (Å²) in [4.78, 5) is 0. The van der Waals surface area contributed by atoms with Crippen LogP contribution in [0.25, 0.3) is 0 Å². The van der Waals surface area contributed by atoms with Crippen LogP contribution in [0.2, 0.25) is 0 Å². The molecule has 0 aromatic heterocycles. The van der Waals surface area contributed by atoms with E-state index in [2.05, 4.69) is 26.0 Å². The lowest BCUT2D eigenvalue weighted by atomic mass is 9.83. The van der Waals surface area contributed by atoms with Crippen molar-refractivity contribution in [2.24, 2.45) is 5.92 Å². The van der Waals surface area contributed by atoms with Gasteiger partial charge in [0.1, 0.15) is 5.75 Å². The molecule has 16 heavy (non-hydrogen) atoms. The minimum Gasteiger partial charge on any atom is -0.465 e. The third-order valence-corrected chi connectivity index (χ3v) is 3.18.